The molecule has 0 spiro atoms. The van der Waals surface area contributed by atoms with Crippen molar-refractivity contribution in [3.8, 4) is 0 Å². The average Bonchev–Trinajstić information content (AvgIpc) is 3.05. The predicted molar refractivity (Wildman–Crippen MR) is 140 cm³/mol. The van der Waals surface area contributed by atoms with E-state index in [1.807, 2.05) is 5.57 Å². The van der Waals surface area contributed by atoms with Gasteiger partial charge in [0.15, 0.2) is 0 Å². The molecular formula is C30H52S. The van der Waals surface area contributed by atoms with E-state index < -0.39 is 0 Å². The molecular weight excluding hydrogens is 392 g/mol. The van der Waals surface area contributed by atoms with Gasteiger partial charge in [-0.25, -0.2) is 0 Å². The molecule has 0 N–H and O–H groups in total. The molecule has 0 amide bonds. The van der Waals surface area contributed by atoms with Crippen LogP contribution in [0.4, 0.5) is 0 Å². The van der Waals surface area contributed by atoms with Gasteiger partial charge in [-0.05, 0) is 103 Å². The lowest BCUT2D eigenvalue weighted by atomic mass is 9.47. The normalized spacial score (nSPS) is 43.4. The Morgan fingerprint density at radius 1 is 0.935 bits per heavy atom. The first-order chi connectivity index (χ1) is 14.6. The Morgan fingerprint density at radius 2 is 1.71 bits per heavy atom. The zero-order valence-electron chi connectivity index (χ0n) is 21.9. The molecule has 0 aliphatic heterocycles. The highest BCUT2D eigenvalue weighted by Gasteiger charge is 2.59. The second-order valence-corrected chi connectivity index (χ2v) is 15.2. The van der Waals surface area contributed by atoms with Crippen LogP contribution in [0, 0.1) is 46.3 Å². The second-order valence-electron chi connectivity index (χ2n) is 13.3. The molecule has 1 heteroatoms. The zero-order chi connectivity index (χ0) is 22.4. The van der Waals surface area contributed by atoms with E-state index in [9.17, 15) is 0 Å². The number of thioether (sulfide) groups is 1. The average molecular weight is 445 g/mol. The van der Waals surface area contributed by atoms with Crippen LogP contribution in [0.15, 0.2) is 11.6 Å². The molecule has 0 aromatic carbocycles. The van der Waals surface area contributed by atoms with Gasteiger partial charge >= 0.3 is 0 Å². The number of rotatable bonds is 7. The lowest BCUT2D eigenvalue weighted by molar-refractivity contribution is -0.0497. The van der Waals surface area contributed by atoms with Crippen molar-refractivity contribution in [2.24, 2.45) is 46.3 Å². The van der Waals surface area contributed by atoms with Gasteiger partial charge in [-0.2, -0.15) is 11.8 Å². The molecule has 3 fully saturated rings. The van der Waals surface area contributed by atoms with Gasteiger partial charge in [0, 0.05) is 5.25 Å². The van der Waals surface area contributed by atoms with Gasteiger partial charge in [-0.1, -0.05) is 79.4 Å². The summed E-state index contributed by atoms with van der Waals surface area (Å²) in [5.41, 5.74) is 3.03. The van der Waals surface area contributed by atoms with Crippen molar-refractivity contribution < 1.29 is 0 Å². The first kappa shape index (κ1) is 24.2. The Bertz CT molecular complexity index is 647. The molecule has 0 radical (unpaired) electrons. The van der Waals surface area contributed by atoms with Crippen molar-refractivity contribution in [1.29, 1.82) is 0 Å². The smallest absolute Gasteiger partial charge is 0.00873 e. The fraction of sp³-hybridized carbons (Fsp3) is 0.933. The molecule has 4 aliphatic rings. The van der Waals surface area contributed by atoms with Crippen LogP contribution in [-0.2, 0) is 0 Å². The van der Waals surface area contributed by atoms with Crippen molar-refractivity contribution in [3.05, 3.63) is 11.6 Å². The maximum absolute atomic E-state index is 2.78. The summed E-state index contributed by atoms with van der Waals surface area (Å²) in [5.74, 6) is 5.75. The Balaban J connectivity index is 1.46. The van der Waals surface area contributed by atoms with E-state index in [1.54, 1.807) is 0 Å². The summed E-state index contributed by atoms with van der Waals surface area (Å²) in [7, 11) is 0. The van der Waals surface area contributed by atoms with Crippen molar-refractivity contribution in [3.63, 3.8) is 0 Å². The summed E-state index contributed by atoms with van der Waals surface area (Å²) in [6.45, 7) is 17.6. The molecule has 0 aromatic heterocycles. The minimum atomic E-state index is 0.527. The third-order valence-electron chi connectivity index (χ3n) is 10.7. The Morgan fingerprint density at radius 3 is 2.42 bits per heavy atom. The summed E-state index contributed by atoms with van der Waals surface area (Å²) in [4.78, 5) is 0. The molecule has 0 nitrogen and oxygen atoms in total. The van der Waals surface area contributed by atoms with E-state index in [4.69, 9.17) is 0 Å². The van der Waals surface area contributed by atoms with Crippen LogP contribution in [0.2, 0.25) is 0 Å². The van der Waals surface area contributed by atoms with Gasteiger partial charge in [0.05, 0.1) is 0 Å². The second kappa shape index (κ2) is 9.38. The van der Waals surface area contributed by atoms with Gasteiger partial charge in [0.2, 0.25) is 0 Å². The molecule has 3 saturated carbocycles. The summed E-state index contributed by atoms with van der Waals surface area (Å²) in [5, 5.41) is 1.66. The van der Waals surface area contributed by atoms with Crippen LogP contribution in [0.5, 0.6) is 0 Å². The third kappa shape index (κ3) is 4.57. The highest BCUT2D eigenvalue weighted by molar-refractivity contribution is 8.00. The van der Waals surface area contributed by atoms with Gasteiger partial charge in [0.25, 0.3) is 0 Å². The molecule has 4 unspecified atom stereocenters. The molecule has 0 bridgehead atoms. The fourth-order valence-electron chi connectivity index (χ4n) is 9.15. The lowest BCUT2D eigenvalue weighted by Gasteiger charge is -2.58. The van der Waals surface area contributed by atoms with E-state index in [-0.39, 0.29) is 0 Å². The summed E-state index contributed by atoms with van der Waals surface area (Å²) >= 11 is 2.24. The van der Waals surface area contributed by atoms with Crippen LogP contribution in [0.3, 0.4) is 0 Å². The maximum atomic E-state index is 2.78. The predicted octanol–water partition coefficient (Wildman–Crippen LogP) is 9.54. The molecule has 4 aliphatic carbocycles. The third-order valence-corrected chi connectivity index (χ3v) is 12.1. The fourth-order valence-corrected chi connectivity index (χ4v) is 10.5. The van der Waals surface area contributed by atoms with Crippen LogP contribution >= 0.6 is 11.8 Å². The zero-order valence-corrected chi connectivity index (χ0v) is 22.7. The quantitative estimate of drug-likeness (QED) is 0.352. The molecule has 0 heterocycles. The largest absolute Gasteiger partial charge is 0.155 e. The first-order valence-electron chi connectivity index (χ1n) is 14.0. The number of fused-ring (bicyclic) bond motifs is 5. The highest BCUT2D eigenvalue weighted by Crippen LogP contribution is 2.67. The topological polar surface area (TPSA) is 0 Å². The Hall–Kier alpha value is 0.0900. The van der Waals surface area contributed by atoms with Crippen LogP contribution in [0.25, 0.3) is 0 Å². The standard InChI is InChI=1S/C30H52S/c1-20(2)9-8-10-22(5)26-13-14-27-25-12-11-23-19-24(31-21(3)4)15-17-29(23,6)28(25)16-18-30(26,27)7/h11,20-22,24-28H,8-10,12-19H2,1-7H3/t22-,24?,25+,26-,27?,28?,29?,30-/m1/s1. The van der Waals surface area contributed by atoms with Crippen LogP contribution in [0.1, 0.15) is 119 Å². The van der Waals surface area contributed by atoms with Crippen molar-refractivity contribution in [1.82, 2.24) is 0 Å². The maximum Gasteiger partial charge on any atom is 0.00873 e. The van der Waals surface area contributed by atoms with Crippen molar-refractivity contribution in [2.75, 3.05) is 0 Å². The van der Waals surface area contributed by atoms with E-state index in [0.29, 0.717) is 10.8 Å². The van der Waals surface area contributed by atoms with Gasteiger partial charge < -0.3 is 0 Å². The molecule has 178 valence electrons. The lowest BCUT2D eigenvalue weighted by Crippen LogP contribution is -2.50. The molecule has 0 aromatic rings. The molecule has 4 rings (SSSR count). The van der Waals surface area contributed by atoms with Gasteiger partial charge in [0.1, 0.15) is 0 Å². The Labute approximate surface area is 199 Å². The van der Waals surface area contributed by atoms with Crippen LogP contribution < -0.4 is 0 Å². The minimum Gasteiger partial charge on any atom is -0.155 e. The van der Waals surface area contributed by atoms with Crippen molar-refractivity contribution in [2.45, 2.75) is 130 Å². The number of hydrogen-bond donors (Lipinski definition) is 0. The molecule has 31 heavy (non-hydrogen) atoms. The summed E-state index contributed by atoms with van der Waals surface area (Å²) in [6.07, 6.45) is 18.9. The van der Waals surface area contributed by atoms with Gasteiger partial charge in [-0.3, -0.25) is 0 Å². The van der Waals surface area contributed by atoms with Crippen LogP contribution in [-0.4, -0.2) is 10.5 Å². The van der Waals surface area contributed by atoms with E-state index in [0.717, 1.165) is 46.0 Å². The molecule has 8 atom stereocenters. The van der Waals surface area contributed by atoms with E-state index >= 15 is 0 Å². The van der Waals surface area contributed by atoms with Crippen molar-refractivity contribution >= 4 is 11.8 Å². The van der Waals surface area contributed by atoms with E-state index in [1.165, 1.54) is 70.6 Å². The highest BCUT2D eigenvalue weighted by atomic mass is 32.2. The number of allylic oxidation sites excluding steroid dienone is 2. The van der Waals surface area contributed by atoms with E-state index in [2.05, 4.69) is 66.3 Å². The SMILES string of the molecule is CC(C)CCC[C@@H](C)[C@H]1CCC2[C@@H]3CC=C4CC(SC(C)C)CCC4(C)C3CC[C@@]21C. The summed E-state index contributed by atoms with van der Waals surface area (Å²) < 4.78 is 0. The number of hydrogen-bond acceptors (Lipinski definition) is 1. The van der Waals surface area contributed by atoms with Gasteiger partial charge in [-0.15, -0.1) is 0 Å². The monoisotopic (exact) mass is 444 g/mol. The minimum absolute atomic E-state index is 0.527. The molecule has 0 saturated heterocycles. The summed E-state index contributed by atoms with van der Waals surface area (Å²) in [6, 6.07) is 0. The first-order valence-corrected chi connectivity index (χ1v) is 14.9. The Kier molecular flexibility index (Phi) is 7.33.